The lowest BCUT2D eigenvalue weighted by Crippen LogP contribution is -2.36. The normalized spacial score (nSPS) is 16.1. The van der Waals surface area contributed by atoms with Crippen LogP contribution in [-0.2, 0) is 14.3 Å². The lowest BCUT2D eigenvalue weighted by atomic mass is 10.2. The molecular formula is C12H16N2O5. The number of esters is 1. The van der Waals surface area contributed by atoms with Gasteiger partial charge in [-0.1, -0.05) is 6.08 Å². The van der Waals surface area contributed by atoms with Crippen LogP contribution in [0.3, 0.4) is 0 Å². The van der Waals surface area contributed by atoms with Gasteiger partial charge in [0.1, 0.15) is 6.23 Å². The average Bonchev–Trinajstić information content (AvgIpc) is 2.65. The third-order valence-corrected chi connectivity index (χ3v) is 2.54. The van der Waals surface area contributed by atoms with Gasteiger partial charge < -0.3 is 9.47 Å². The van der Waals surface area contributed by atoms with Crippen molar-refractivity contribution >= 4 is 5.97 Å². The number of rotatable bonds is 6. The van der Waals surface area contributed by atoms with E-state index >= 15 is 0 Å². The van der Waals surface area contributed by atoms with Crippen molar-refractivity contribution in [2.75, 3.05) is 20.8 Å². The van der Waals surface area contributed by atoms with Gasteiger partial charge in [0.05, 0.1) is 18.6 Å². The lowest BCUT2D eigenvalue weighted by Gasteiger charge is -2.17. The molecule has 1 unspecified atom stereocenters. The highest BCUT2D eigenvalue weighted by atomic mass is 16.6. The van der Waals surface area contributed by atoms with Gasteiger partial charge in [-0.3, -0.25) is 20.2 Å². The zero-order valence-corrected chi connectivity index (χ0v) is 10.8. The van der Waals surface area contributed by atoms with Crippen molar-refractivity contribution in [3.8, 4) is 0 Å². The molecule has 0 aliphatic heterocycles. The van der Waals surface area contributed by atoms with Crippen LogP contribution in [0.4, 0.5) is 0 Å². The first kappa shape index (κ1) is 15.1. The van der Waals surface area contributed by atoms with E-state index in [0.29, 0.717) is 6.42 Å². The Kier molecular flexibility index (Phi) is 5.91. The smallest absolute Gasteiger partial charge is 0.319 e. The number of nitro groups is 1. The molecule has 104 valence electrons. The van der Waals surface area contributed by atoms with Crippen molar-refractivity contribution in [1.29, 1.82) is 0 Å². The zero-order chi connectivity index (χ0) is 14.3. The van der Waals surface area contributed by atoms with Crippen LogP contribution in [0.5, 0.6) is 0 Å². The van der Waals surface area contributed by atoms with Crippen LogP contribution >= 0.6 is 0 Å². The van der Waals surface area contributed by atoms with Gasteiger partial charge in [0.25, 0.3) is 5.70 Å². The summed E-state index contributed by atoms with van der Waals surface area (Å²) in [4.78, 5) is 21.3. The Morgan fingerprint density at radius 1 is 1.47 bits per heavy atom. The summed E-state index contributed by atoms with van der Waals surface area (Å²) in [6.07, 6.45) is 6.22. The van der Waals surface area contributed by atoms with E-state index in [-0.39, 0.29) is 12.2 Å². The number of carbonyl (C=O) groups excluding carboxylic acids is 1. The summed E-state index contributed by atoms with van der Waals surface area (Å²) in [7, 11) is 2.78. The number of carbonyl (C=O) groups is 1. The van der Waals surface area contributed by atoms with E-state index in [2.05, 4.69) is 10.1 Å². The Labute approximate surface area is 110 Å². The fourth-order valence-corrected chi connectivity index (χ4v) is 1.55. The first-order valence-electron chi connectivity index (χ1n) is 5.64. The molecule has 0 bridgehead atoms. The van der Waals surface area contributed by atoms with Crippen molar-refractivity contribution in [1.82, 2.24) is 5.32 Å². The molecule has 19 heavy (non-hydrogen) atoms. The minimum atomic E-state index is -0.519. The summed E-state index contributed by atoms with van der Waals surface area (Å²) in [5, 5.41) is 13.5. The number of nitrogens with zero attached hydrogens (tertiary/aromatic N) is 1. The largest absolute Gasteiger partial charge is 0.468 e. The van der Waals surface area contributed by atoms with Crippen LogP contribution in [0.25, 0.3) is 0 Å². The predicted molar refractivity (Wildman–Crippen MR) is 67.7 cm³/mol. The van der Waals surface area contributed by atoms with Crippen molar-refractivity contribution in [3.63, 3.8) is 0 Å². The average molecular weight is 268 g/mol. The number of hydrogen-bond acceptors (Lipinski definition) is 6. The summed E-state index contributed by atoms with van der Waals surface area (Å²) < 4.78 is 9.72. The molecule has 7 nitrogen and oxygen atoms in total. The van der Waals surface area contributed by atoms with Gasteiger partial charge in [-0.2, -0.15) is 0 Å². The Balaban J connectivity index is 2.68. The summed E-state index contributed by atoms with van der Waals surface area (Å²) in [5.74, 6) is -0.413. The number of methoxy groups -OCH3 is 2. The minimum Gasteiger partial charge on any atom is -0.468 e. The molecule has 0 heterocycles. The number of nitrogens with one attached hydrogen (secondary N) is 1. The van der Waals surface area contributed by atoms with Gasteiger partial charge in [0.2, 0.25) is 0 Å². The summed E-state index contributed by atoms with van der Waals surface area (Å²) in [6, 6.07) is 0. The van der Waals surface area contributed by atoms with Crippen LogP contribution in [0, 0.1) is 10.1 Å². The van der Waals surface area contributed by atoms with Gasteiger partial charge in [0, 0.05) is 13.2 Å². The van der Waals surface area contributed by atoms with Crippen LogP contribution in [0.2, 0.25) is 0 Å². The van der Waals surface area contributed by atoms with Gasteiger partial charge in [-0.15, -0.1) is 0 Å². The molecule has 1 N–H and O–H groups in total. The third-order valence-electron chi connectivity index (χ3n) is 2.54. The molecule has 0 aromatic carbocycles. The SMILES string of the molecule is COC(=O)CNC(OC)C1=CCC=C([N+](=O)[O-])C=C1. The molecule has 7 heteroatoms. The Morgan fingerprint density at radius 3 is 2.79 bits per heavy atom. The molecule has 1 aliphatic carbocycles. The van der Waals surface area contributed by atoms with E-state index in [9.17, 15) is 14.9 Å². The highest BCUT2D eigenvalue weighted by molar-refractivity contribution is 5.71. The molecular weight excluding hydrogens is 252 g/mol. The monoisotopic (exact) mass is 268 g/mol. The van der Waals surface area contributed by atoms with Gasteiger partial charge in [-0.25, -0.2) is 0 Å². The molecule has 0 aromatic heterocycles. The van der Waals surface area contributed by atoms with E-state index in [4.69, 9.17) is 4.74 Å². The van der Waals surface area contributed by atoms with E-state index in [1.165, 1.54) is 26.4 Å². The second kappa shape index (κ2) is 7.45. The van der Waals surface area contributed by atoms with Crippen LogP contribution in [-0.4, -0.2) is 37.9 Å². The first-order chi connectivity index (χ1) is 9.08. The molecule has 0 amide bonds. The van der Waals surface area contributed by atoms with Crippen molar-refractivity contribution in [3.05, 3.63) is 45.7 Å². The number of ether oxygens (including phenoxy) is 2. The Hall–Kier alpha value is -1.99. The molecule has 0 saturated heterocycles. The molecule has 1 rings (SSSR count). The molecule has 0 aromatic rings. The van der Waals surface area contributed by atoms with Crippen LogP contribution in [0.15, 0.2) is 35.6 Å². The fraction of sp³-hybridized carbons (Fsp3) is 0.417. The van der Waals surface area contributed by atoms with Gasteiger partial charge in [-0.05, 0) is 24.1 Å². The molecule has 1 atom stereocenters. The molecule has 1 aliphatic rings. The van der Waals surface area contributed by atoms with Gasteiger partial charge in [0.15, 0.2) is 0 Å². The summed E-state index contributed by atoms with van der Waals surface area (Å²) in [6.45, 7) is -0.00426. The third kappa shape index (κ3) is 4.65. The maximum Gasteiger partial charge on any atom is 0.319 e. The second-order valence-corrected chi connectivity index (χ2v) is 3.73. The van der Waals surface area contributed by atoms with E-state index in [1.807, 2.05) is 0 Å². The molecule has 0 saturated carbocycles. The second-order valence-electron chi connectivity index (χ2n) is 3.73. The maximum atomic E-state index is 11.0. The highest BCUT2D eigenvalue weighted by Crippen LogP contribution is 2.14. The summed E-state index contributed by atoms with van der Waals surface area (Å²) >= 11 is 0. The highest BCUT2D eigenvalue weighted by Gasteiger charge is 2.15. The molecule has 0 fully saturated rings. The Morgan fingerprint density at radius 2 is 2.21 bits per heavy atom. The van der Waals surface area contributed by atoms with Crippen molar-refractivity contribution < 1.29 is 19.2 Å². The van der Waals surface area contributed by atoms with E-state index in [1.54, 1.807) is 12.2 Å². The number of allylic oxidation sites excluding steroid dienone is 3. The standard InChI is InChI=1S/C12H16N2O5/c1-18-11(15)8-13-12(19-2)9-4-3-5-10(7-6-9)14(16)17/h4-7,12-13H,3,8H2,1-2H3. The minimum absolute atomic E-state index is 0.00426. The lowest BCUT2D eigenvalue weighted by molar-refractivity contribution is -0.419. The van der Waals surface area contributed by atoms with Crippen molar-refractivity contribution in [2.45, 2.75) is 12.6 Å². The van der Waals surface area contributed by atoms with Crippen LogP contribution < -0.4 is 5.32 Å². The quantitative estimate of drug-likeness (QED) is 0.331. The number of hydrogen-bond donors (Lipinski definition) is 1. The Bertz CT molecular complexity index is 439. The molecule has 0 spiro atoms. The van der Waals surface area contributed by atoms with Gasteiger partial charge >= 0.3 is 5.97 Å². The van der Waals surface area contributed by atoms with Crippen LogP contribution in [0.1, 0.15) is 6.42 Å². The fourth-order valence-electron chi connectivity index (χ4n) is 1.55. The first-order valence-corrected chi connectivity index (χ1v) is 5.64. The van der Waals surface area contributed by atoms with Crippen molar-refractivity contribution in [2.24, 2.45) is 0 Å². The zero-order valence-electron chi connectivity index (χ0n) is 10.8. The molecule has 0 radical (unpaired) electrons. The topological polar surface area (TPSA) is 90.7 Å². The predicted octanol–water partition coefficient (Wildman–Crippen LogP) is 0.768. The van der Waals surface area contributed by atoms with E-state index in [0.717, 1.165) is 5.57 Å². The maximum absolute atomic E-state index is 11.0. The van der Waals surface area contributed by atoms with E-state index < -0.39 is 17.1 Å². The summed E-state index contributed by atoms with van der Waals surface area (Å²) in [5.41, 5.74) is 0.758.